The number of nitrogens with two attached hydrogens (primary N) is 1. The predicted octanol–water partition coefficient (Wildman–Crippen LogP) is 1.74. The van der Waals surface area contributed by atoms with Gasteiger partial charge in [-0.2, -0.15) is 4.98 Å². The maximum absolute atomic E-state index is 9.38. The predicted molar refractivity (Wildman–Crippen MR) is 80.5 cm³/mol. The van der Waals surface area contributed by atoms with Gasteiger partial charge in [-0.15, -0.1) is 0 Å². The highest BCUT2D eigenvalue weighted by molar-refractivity contribution is 5.86. The molecule has 0 aliphatic heterocycles. The van der Waals surface area contributed by atoms with Crippen molar-refractivity contribution in [1.29, 1.82) is 0 Å². The van der Waals surface area contributed by atoms with Gasteiger partial charge in [0, 0.05) is 6.20 Å². The molecule has 0 saturated heterocycles. The molecule has 2 aromatic heterocycles. The lowest BCUT2D eigenvalue weighted by molar-refractivity contribution is 0.268. The molecule has 0 aromatic carbocycles. The summed E-state index contributed by atoms with van der Waals surface area (Å²) < 4.78 is 0. The third kappa shape index (κ3) is 3.14. The fraction of sp³-hybridized carbons (Fsp3) is 0.500. The van der Waals surface area contributed by atoms with E-state index in [1.54, 1.807) is 0 Å². The summed E-state index contributed by atoms with van der Waals surface area (Å²) in [6, 6.07) is 1.92. The number of nitrogens with one attached hydrogen (secondary N) is 1. The number of fused-ring (bicyclic) bond motifs is 1. The van der Waals surface area contributed by atoms with Crippen LogP contribution in [0.4, 0.5) is 11.8 Å². The van der Waals surface area contributed by atoms with Crippen LogP contribution in [0, 0.1) is 0 Å². The molecule has 0 unspecified atom stereocenters. The van der Waals surface area contributed by atoms with E-state index in [-0.39, 0.29) is 18.6 Å². The van der Waals surface area contributed by atoms with E-state index >= 15 is 0 Å². The Morgan fingerprint density at radius 2 is 2.15 bits per heavy atom. The molecule has 0 saturated carbocycles. The minimum Gasteiger partial charge on any atom is -0.394 e. The number of hydrogen-bond donors (Lipinski definition) is 3. The van der Waals surface area contributed by atoms with Gasteiger partial charge in [-0.25, -0.2) is 4.98 Å². The van der Waals surface area contributed by atoms with Gasteiger partial charge in [0.05, 0.1) is 18.2 Å². The second-order valence-corrected chi connectivity index (χ2v) is 4.81. The van der Waals surface area contributed by atoms with E-state index in [0.29, 0.717) is 11.3 Å². The zero-order chi connectivity index (χ0) is 14.5. The van der Waals surface area contributed by atoms with Gasteiger partial charge in [-0.1, -0.05) is 20.3 Å². The molecule has 4 N–H and O–H groups in total. The Bertz CT molecular complexity index is 587. The first-order valence-corrected chi connectivity index (χ1v) is 6.97. The lowest BCUT2D eigenvalue weighted by Crippen LogP contribution is -2.24. The van der Waals surface area contributed by atoms with Gasteiger partial charge in [0.15, 0.2) is 5.82 Å². The van der Waals surface area contributed by atoms with Crippen molar-refractivity contribution in [3.05, 3.63) is 17.8 Å². The highest BCUT2D eigenvalue weighted by Crippen LogP contribution is 2.21. The molecule has 1 atom stereocenters. The number of aryl methyl sites for hydroxylation is 1. The Hall–Kier alpha value is -1.95. The van der Waals surface area contributed by atoms with E-state index in [4.69, 9.17) is 5.73 Å². The van der Waals surface area contributed by atoms with E-state index in [1.807, 2.05) is 12.3 Å². The smallest absolute Gasteiger partial charge is 0.222 e. The molecule has 0 amide bonds. The van der Waals surface area contributed by atoms with E-state index < -0.39 is 0 Å². The Morgan fingerprint density at radius 1 is 1.35 bits per heavy atom. The van der Waals surface area contributed by atoms with Crippen molar-refractivity contribution in [1.82, 2.24) is 15.0 Å². The largest absolute Gasteiger partial charge is 0.394 e. The van der Waals surface area contributed by atoms with Gasteiger partial charge in [0.2, 0.25) is 5.95 Å². The average molecular weight is 275 g/mol. The first kappa shape index (κ1) is 14.5. The van der Waals surface area contributed by atoms with Crippen LogP contribution in [-0.2, 0) is 6.42 Å². The van der Waals surface area contributed by atoms with Gasteiger partial charge < -0.3 is 16.2 Å². The second-order valence-electron chi connectivity index (χ2n) is 4.81. The molecule has 0 aliphatic carbocycles. The monoisotopic (exact) mass is 275 g/mol. The number of hydrogen-bond acceptors (Lipinski definition) is 6. The second kappa shape index (κ2) is 6.47. The molecule has 0 bridgehead atoms. The number of aliphatic hydroxyl groups excluding tert-OH is 1. The van der Waals surface area contributed by atoms with Crippen LogP contribution in [0.25, 0.3) is 11.0 Å². The average Bonchev–Trinajstić information content (AvgIpc) is 2.45. The fourth-order valence-electron chi connectivity index (χ4n) is 2.12. The number of aliphatic hydroxyl groups is 1. The van der Waals surface area contributed by atoms with Crippen molar-refractivity contribution in [2.24, 2.45) is 0 Å². The maximum atomic E-state index is 9.38. The molecule has 2 rings (SSSR count). The SMILES string of the molecule is CCC[C@@H](CO)Nc1nc(N)nc2cc(CC)cnc12. The number of pyridine rings is 1. The van der Waals surface area contributed by atoms with Gasteiger partial charge >= 0.3 is 0 Å². The summed E-state index contributed by atoms with van der Waals surface area (Å²) in [6.45, 7) is 4.18. The summed E-state index contributed by atoms with van der Waals surface area (Å²) in [5, 5.41) is 12.6. The molecule has 0 spiro atoms. The Morgan fingerprint density at radius 3 is 2.80 bits per heavy atom. The molecule has 2 aromatic rings. The first-order valence-electron chi connectivity index (χ1n) is 6.97. The lowest BCUT2D eigenvalue weighted by atomic mass is 10.1. The molecule has 20 heavy (non-hydrogen) atoms. The number of aromatic nitrogens is 3. The summed E-state index contributed by atoms with van der Waals surface area (Å²) in [4.78, 5) is 12.9. The number of nitrogens with zero attached hydrogens (tertiary/aromatic N) is 3. The van der Waals surface area contributed by atoms with Crippen LogP contribution in [-0.4, -0.2) is 32.7 Å². The van der Waals surface area contributed by atoms with Crippen molar-refractivity contribution in [3.8, 4) is 0 Å². The quantitative estimate of drug-likeness (QED) is 0.743. The minimum atomic E-state index is -0.0508. The van der Waals surface area contributed by atoms with Gasteiger partial charge in [-0.05, 0) is 24.5 Å². The van der Waals surface area contributed by atoms with Crippen LogP contribution in [0.3, 0.4) is 0 Å². The molecule has 6 heteroatoms. The highest BCUT2D eigenvalue weighted by atomic mass is 16.3. The topological polar surface area (TPSA) is 97.0 Å². The normalized spacial score (nSPS) is 12.6. The Balaban J connectivity index is 2.41. The first-order chi connectivity index (χ1) is 9.67. The summed E-state index contributed by atoms with van der Waals surface area (Å²) in [6.07, 6.45) is 4.55. The number of nitrogen functional groups attached to an aromatic ring is 1. The molecular formula is C14H21N5O. The summed E-state index contributed by atoms with van der Waals surface area (Å²) in [5.41, 5.74) is 8.28. The van der Waals surface area contributed by atoms with E-state index in [9.17, 15) is 5.11 Å². The third-order valence-corrected chi connectivity index (χ3v) is 3.22. The van der Waals surface area contributed by atoms with Gasteiger partial charge in [-0.3, -0.25) is 4.98 Å². The van der Waals surface area contributed by atoms with Crippen molar-refractivity contribution in [3.63, 3.8) is 0 Å². The molecule has 108 valence electrons. The van der Waals surface area contributed by atoms with Crippen molar-refractivity contribution in [2.45, 2.75) is 39.2 Å². The summed E-state index contributed by atoms with van der Waals surface area (Å²) in [5.74, 6) is 0.797. The molecule has 0 radical (unpaired) electrons. The number of anilines is 2. The molecule has 2 heterocycles. The summed E-state index contributed by atoms with van der Waals surface area (Å²) in [7, 11) is 0. The Labute approximate surface area is 118 Å². The van der Waals surface area contributed by atoms with Crippen LogP contribution in [0.1, 0.15) is 32.3 Å². The van der Waals surface area contributed by atoms with E-state index in [0.717, 1.165) is 30.3 Å². The maximum Gasteiger partial charge on any atom is 0.222 e. The summed E-state index contributed by atoms with van der Waals surface area (Å²) >= 11 is 0. The van der Waals surface area contributed by atoms with Crippen LogP contribution in [0.2, 0.25) is 0 Å². The minimum absolute atomic E-state index is 0.0479. The van der Waals surface area contributed by atoms with Gasteiger partial charge in [0.25, 0.3) is 0 Å². The van der Waals surface area contributed by atoms with Crippen LogP contribution in [0.5, 0.6) is 0 Å². The van der Waals surface area contributed by atoms with E-state index in [1.165, 1.54) is 0 Å². The third-order valence-electron chi connectivity index (χ3n) is 3.22. The zero-order valence-corrected chi connectivity index (χ0v) is 11.9. The molecular weight excluding hydrogens is 254 g/mol. The van der Waals surface area contributed by atoms with Crippen LogP contribution >= 0.6 is 0 Å². The van der Waals surface area contributed by atoms with Crippen molar-refractivity contribution in [2.75, 3.05) is 17.7 Å². The molecule has 0 fully saturated rings. The van der Waals surface area contributed by atoms with Crippen LogP contribution < -0.4 is 11.1 Å². The van der Waals surface area contributed by atoms with Gasteiger partial charge in [0.1, 0.15) is 5.52 Å². The molecule has 0 aliphatic rings. The zero-order valence-electron chi connectivity index (χ0n) is 11.9. The van der Waals surface area contributed by atoms with E-state index in [2.05, 4.69) is 34.1 Å². The Kier molecular flexibility index (Phi) is 4.68. The van der Waals surface area contributed by atoms with Crippen molar-refractivity contribution < 1.29 is 5.11 Å². The standard InChI is InChI=1S/C14H21N5O/c1-3-5-10(8-20)17-13-12-11(18-14(15)19-13)6-9(4-2)7-16-12/h6-7,10,20H,3-5,8H2,1-2H3,(H3,15,17,18,19)/t10-/m0/s1. The molecule has 6 nitrogen and oxygen atoms in total. The van der Waals surface area contributed by atoms with Crippen LogP contribution in [0.15, 0.2) is 12.3 Å². The fourth-order valence-corrected chi connectivity index (χ4v) is 2.12. The lowest BCUT2D eigenvalue weighted by Gasteiger charge is -2.17. The highest BCUT2D eigenvalue weighted by Gasteiger charge is 2.12. The van der Waals surface area contributed by atoms with Crippen molar-refractivity contribution >= 4 is 22.8 Å². The number of rotatable bonds is 6.